The molecule has 0 radical (unpaired) electrons. The lowest BCUT2D eigenvalue weighted by Gasteiger charge is -2.42. The minimum absolute atomic E-state index is 0.0418. The molecular formula is C26H46NO3+. The van der Waals surface area contributed by atoms with Gasteiger partial charge in [0.25, 0.3) is 0 Å². The van der Waals surface area contributed by atoms with Gasteiger partial charge in [0.05, 0.1) is 26.8 Å². The predicted molar refractivity (Wildman–Crippen MR) is 120 cm³/mol. The average molecular weight is 421 g/mol. The highest BCUT2D eigenvalue weighted by molar-refractivity contribution is 5.71. The number of carbonyl (C=O) groups is 1. The van der Waals surface area contributed by atoms with E-state index in [-0.39, 0.29) is 22.9 Å². The first-order valence-corrected chi connectivity index (χ1v) is 12.3. The van der Waals surface area contributed by atoms with E-state index in [0.717, 1.165) is 19.1 Å². The maximum absolute atomic E-state index is 12.9. The number of nitrogens with zero attached hydrogens (tertiary/aromatic N) is 1. The quantitative estimate of drug-likeness (QED) is 0.427. The van der Waals surface area contributed by atoms with Gasteiger partial charge in [-0.2, -0.15) is 0 Å². The van der Waals surface area contributed by atoms with E-state index in [1.165, 1.54) is 38.5 Å². The van der Waals surface area contributed by atoms with Crippen LogP contribution in [0.1, 0.15) is 80.1 Å². The molecule has 0 N–H and O–H groups in total. The van der Waals surface area contributed by atoms with Crippen LogP contribution in [-0.4, -0.2) is 56.5 Å². The molecule has 0 unspecified atom stereocenters. The summed E-state index contributed by atoms with van der Waals surface area (Å²) in [6.45, 7) is 16.2. The number of hydrogen-bond acceptors (Lipinski definition) is 3. The Morgan fingerprint density at radius 2 is 1.67 bits per heavy atom. The molecule has 0 aromatic rings. The van der Waals surface area contributed by atoms with Crippen LogP contribution in [0.15, 0.2) is 0 Å². The van der Waals surface area contributed by atoms with E-state index in [4.69, 9.17) is 9.47 Å². The van der Waals surface area contributed by atoms with Gasteiger partial charge < -0.3 is 14.0 Å². The van der Waals surface area contributed by atoms with Crippen LogP contribution in [0.3, 0.4) is 0 Å². The highest BCUT2D eigenvalue weighted by Gasteiger charge is 2.62. The predicted octanol–water partition coefficient (Wildman–Crippen LogP) is 5.05. The molecule has 0 spiro atoms. The first-order chi connectivity index (χ1) is 13.7. The Labute approximate surface area is 184 Å². The molecule has 4 nitrogen and oxygen atoms in total. The van der Waals surface area contributed by atoms with E-state index in [1.807, 2.05) is 0 Å². The van der Waals surface area contributed by atoms with Crippen molar-refractivity contribution in [1.29, 1.82) is 0 Å². The van der Waals surface area contributed by atoms with Gasteiger partial charge >= 0.3 is 5.97 Å². The second-order valence-electron chi connectivity index (χ2n) is 13.6. The van der Waals surface area contributed by atoms with Gasteiger partial charge in [0.2, 0.25) is 0 Å². The van der Waals surface area contributed by atoms with Crippen LogP contribution in [0.4, 0.5) is 0 Å². The molecule has 4 fully saturated rings. The number of carbonyl (C=O) groups excluding carboxylic acids is 1. The summed E-state index contributed by atoms with van der Waals surface area (Å²) in [6, 6.07) is 0. The Bertz CT molecular complexity index is 694. The third-order valence-corrected chi connectivity index (χ3v) is 10.7. The van der Waals surface area contributed by atoms with Crippen molar-refractivity contribution < 1.29 is 18.8 Å². The standard InChI is InChI=1S/C26H46NO3/c1-23(2)19-9-11-25(5,16-19)22(23)30-21(28)17-27(7,8)13-14-29-20-15-18-10-12-26(20,6)24(18,3)4/h18-20,22H,9-17H2,1-8H3/q+1/t18-,19-,20-,22-,25-,26-/m1/s1. The van der Waals surface area contributed by atoms with Crippen LogP contribution in [0.5, 0.6) is 0 Å². The van der Waals surface area contributed by atoms with Crippen LogP contribution in [-0.2, 0) is 14.3 Å². The Kier molecular flexibility index (Phi) is 5.22. The van der Waals surface area contributed by atoms with E-state index in [9.17, 15) is 4.79 Å². The molecule has 6 atom stereocenters. The van der Waals surface area contributed by atoms with Crippen LogP contribution in [0.25, 0.3) is 0 Å². The summed E-state index contributed by atoms with van der Waals surface area (Å²) in [5.41, 5.74) is 0.965. The molecule has 0 saturated heterocycles. The van der Waals surface area contributed by atoms with Crippen molar-refractivity contribution in [3.63, 3.8) is 0 Å². The monoisotopic (exact) mass is 420 g/mol. The molecule has 4 heteroatoms. The van der Waals surface area contributed by atoms with Crippen LogP contribution in [0.2, 0.25) is 0 Å². The molecule has 0 aromatic heterocycles. The molecule has 4 aliphatic carbocycles. The Hall–Kier alpha value is -0.610. The first kappa shape index (κ1) is 22.6. The average Bonchev–Trinajstić information content (AvgIpc) is 3.22. The maximum Gasteiger partial charge on any atom is 0.362 e. The smallest absolute Gasteiger partial charge is 0.362 e. The topological polar surface area (TPSA) is 35.5 Å². The second kappa shape index (κ2) is 6.94. The fourth-order valence-corrected chi connectivity index (χ4v) is 7.97. The zero-order valence-electron chi connectivity index (χ0n) is 20.8. The van der Waals surface area contributed by atoms with Gasteiger partial charge in [0, 0.05) is 10.8 Å². The summed E-state index contributed by atoms with van der Waals surface area (Å²) < 4.78 is 13.2. The molecule has 4 rings (SSSR count). The van der Waals surface area contributed by atoms with E-state index in [2.05, 4.69) is 55.6 Å². The second-order valence-corrected chi connectivity index (χ2v) is 13.6. The third kappa shape index (κ3) is 3.36. The van der Waals surface area contributed by atoms with Gasteiger partial charge in [0.15, 0.2) is 6.54 Å². The van der Waals surface area contributed by atoms with Crippen molar-refractivity contribution in [3.8, 4) is 0 Å². The van der Waals surface area contributed by atoms with Crippen molar-refractivity contribution in [2.45, 2.75) is 92.3 Å². The fourth-order valence-electron chi connectivity index (χ4n) is 7.97. The number of ether oxygens (including phenoxy) is 2. The van der Waals surface area contributed by atoms with Crippen molar-refractivity contribution in [2.75, 3.05) is 33.8 Å². The van der Waals surface area contributed by atoms with Gasteiger partial charge in [-0.15, -0.1) is 0 Å². The molecule has 0 heterocycles. The lowest BCUT2D eigenvalue weighted by atomic mass is 9.70. The normalized spacial score (nSPS) is 43.3. The maximum atomic E-state index is 12.9. The largest absolute Gasteiger partial charge is 0.457 e. The zero-order chi connectivity index (χ0) is 22.2. The minimum atomic E-state index is -0.0418. The Morgan fingerprint density at radius 3 is 2.20 bits per heavy atom. The Balaban J connectivity index is 1.27. The lowest BCUT2D eigenvalue weighted by molar-refractivity contribution is -0.883. The van der Waals surface area contributed by atoms with E-state index < -0.39 is 0 Å². The number of likely N-dealkylation sites (N-methyl/N-ethyl adjacent to an activating group) is 1. The number of fused-ring (bicyclic) bond motifs is 4. The molecule has 4 saturated carbocycles. The molecule has 4 bridgehead atoms. The Morgan fingerprint density at radius 1 is 1.00 bits per heavy atom. The zero-order valence-corrected chi connectivity index (χ0v) is 20.8. The van der Waals surface area contributed by atoms with Crippen molar-refractivity contribution >= 4 is 5.97 Å². The highest BCUT2D eigenvalue weighted by Crippen LogP contribution is 2.66. The van der Waals surface area contributed by atoms with E-state index >= 15 is 0 Å². The summed E-state index contributed by atoms with van der Waals surface area (Å²) in [5, 5.41) is 0. The summed E-state index contributed by atoms with van der Waals surface area (Å²) in [6.07, 6.45) is 7.97. The summed E-state index contributed by atoms with van der Waals surface area (Å²) in [7, 11) is 4.26. The van der Waals surface area contributed by atoms with Crippen molar-refractivity contribution in [3.05, 3.63) is 0 Å². The number of esters is 1. The van der Waals surface area contributed by atoms with E-state index in [1.54, 1.807) is 0 Å². The SMILES string of the molecule is CC1(C)[C@@H]2CC[C@](C)(C2)[C@@H]1OC(=O)C[N+](C)(C)CCO[C@@H]1C[C@H]2CC[C@@]1(C)C2(C)C. The third-order valence-electron chi connectivity index (χ3n) is 10.7. The summed E-state index contributed by atoms with van der Waals surface area (Å²) in [4.78, 5) is 12.9. The fraction of sp³-hybridized carbons (Fsp3) is 0.962. The van der Waals surface area contributed by atoms with Crippen molar-refractivity contribution in [1.82, 2.24) is 0 Å². The molecule has 0 aromatic carbocycles. The van der Waals surface area contributed by atoms with Crippen LogP contribution < -0.4 is 0 Å². The van der Waals surface area contributed by atoms with Gasteiger partial charge in [-0.25, -0.2) is 4.79 Å². The van der Waals surface area contributed by atoms with Crippen molar-refractivity contribution in [2.24, 2.45) is 33.5 Å². The van der Waals surface area contributed by atoms with Crippen LogP contribution >= 0.6 is 0 Å². The number of rotatable bonds is 7. The summed E-state index contributed by atoms with van der Waals surface area (Å²) in [5.74, 6) is 1.46. The molecule has 4 aliphatic rings. The molecule has 0 amide bonds. The van der Waals surface area contributed by atoms with Crippen LogP contribution in [0, 0.1) is 33.5 Å². The lowest BCUT2D eigenvalue weighted by Crippen LogP contribution is -2.50. The van der Waals surface area contributed by atoms with E-state index in [0.29, 0.717) is 33.9 Å². The number of quaternary nitrogens is 1. The van der Waals surface area contributed by atoms with Gasteiger partial charge in [-0.05, 0) is 61.2 Å². The van der Waals surface area contributed by atoms with Gasteiger partial charge in [-0.1, -0.05) is 41.5 Å². The molecule has 0 aliphatic heterocycles. The first-order valence-electron chi connectivity index (χ1n) is 12.3. The molecule has 172 valence electrons. The minimum Gasteiger partial charge on any atom is -0.457 e. The molecule has 30 heavy (non-hydrogen) atoms. The number of hydrogen-bond donors (Lipinski definition) is 0. The van der Waals surface area contributed by atoms with Gasteiger partial charge in [0.1, 0.15) is 12.6 Å². The molecular weight excluding hydrogens is 374 g/mol. The highest BCUT2D eigenvalue weighted by atomic mass is 16.5. The summed E-state index contributed by atoms with van der Waals surface area (Å²) >= 11 is 0. The van der Waals surface area contributed by atoms with Gasteiger partial charge in [-0.3, -0.25) is 0 Å².